The second-order valence-electron chi connectivity index (χ2n) is 4.91. The van der Waals surface area contributed by atoms with Crippen LogP contribution in [0.15, 0.2) is 18.3 Å². The number of carbonyl (C=O) groups is 1. The van der Waals surface area contributed by atoms with Crippen LogP contribution in [-0.4, -0.2) is 30.1 Å². The maximum Gasteiger partial charge on any atom is 0.231 e. The van der Waals surface area contributed by atoms with Crippen molar-refractivity contribution in [2.24, 2.45) is 0 Å². The van der Waals surface area contributed by atoms with Crippen LogP contribution < -0.4 is 14.8 Å². The molecule has 1 aromatic carbocycles. The van der Waals surface area contributed by atoms with Gasteiger partial charge in [0.2, 0.25) is 6.79 Å². The summed E-state index contributed by atoms with van der Waals surface area (Å²) in [5.41, 5.74) is 1.57. The van der Waals surface area contributed by atoms with Crippen molar-refractivity contribution in [3.63, 3.8) is 0 Å². The van der Waals surface area contributed by atoms with Gasteiger partial charge in [-0.1, -0.05) is 13.8 Å². The lowest BCUT2D eigenvalue weighted by Gasteiger charge is -2.06. The molecule has 0 atom stereocenters. The van der Waals surface area contributed by atoms with Crippen LogP contribution >= 0.6 is 0 Å². The van der Waals surface area contributed by atoms with Gasteiger partial charge >= 0.3 is 0 Å². The predicted octanol–water partition coefficient (Wildman–Crippen LogP) is 2.08. The number of benzene rings is 1. The van der Waals surface area contributed by atoms with Gasteiger partial charge in [0, 0.05) is 29.3 Å². The van der Waals surface area contributed by atoms with E-state index in [1.54, 1.807) is 6.20 Å². The monoisotopic (exact) mass is 260 g/mol. The number of Topliss-reactive ketones (excluding diaryl/α,β-unsaturated/α-hetero) is 1. The van der Waals surface area contributed by atoms with E-state index >= 15 is 0 Å². The molecule has 5 nitrogen and oxygen atoms in total. The zero-order chi connectivity index (χ0) is 13.4. The third kappa shape index (κ3) is 2.17. The molecule has 0 bridgehead atoms. The van der Waals surface area contributed by atoms with Crippen LogP contribution in [0.5, 0.6) is 11.5 Å². The molecule has 0 aliphatic carbocycles. The molecule has 0 radical (unpaired) electrons. The molecule has 2 aromatic rings. The molecule has 0 saturated carbocycles. The van der Waals surface area contributed by atoms with Crippen molar-refractivity contribution in [1.29, 1.82) is 0 Å². The number of aromatic amines is 1. The van der Waals surface area contributed by atoms with E-state index in [9.17, 15) is 4.79 Å². The zero-order valence-corrected chi connectivity index (χ0v) is 10.9. The number of aromatic nitrogens is 1. The highest BCUT2D eigenvalue weighted by Crippen LogP contribution is 2.36. The lowest BCUT2D eigenvalue weighted by atomic mass is 10.1. The maximum atomic E-state index is 12.2. The van der Waals surface area contributed by atoms with Gasteiger partial charge in [0.1, 0.15) is 0 Å². The fourth-order valence-corrected chi connectivity index (χ4v) is 2.13. The third-order valence-electron chi connectivity index (χ3n) is 3.15. The van der Waals surface area contributed by atoms with Crippen LogP contribution in [0.4, 0.5) is 0 Å². The van der Waals surface area contributed by atoms with Crippen molar-refractivity contribution in [3.05, 3.63) is 23.9 Å². The summed E-state index contributed by atoms with van der Waals surface area (Å²) in [5.74, 6) is 1.48. The molecular formula is C14H16N2O3. The second-order valence-corrected chi connectivity index (χ2v) is 4.91. The molecule has 0 unspecified atom stereocenters. The standard InChI is InChI=1S/C14H16N2O3/c1-8(2)15-6-12(17)10-5-16-11-4-14-13(3-9(10)11)18-7-19-14/h3-5,8,15-16H,6-7H2,1-2H3. The van der Waals surface area contributed by atoms with Crippen LogP contribution in [0, 0.1) is 0 Å². The Balaban J connectivity index is 1.94. The van der Waals surface area contributed by atoms with Crippen LogP contribution in [-0.2, 0) is 0 Å². The van der Waals surface area contributed by atoms with E-state index in [2.05, 4.69) is 10.3 Å². The van der Waals surface area contributed by atoms with Gasteiger partial charge in [0.25, 0.3) is 0 Å². The molecule has 19 heavy (non-hydrogen) atoms. The van der Waals surface area contributed by atoms with Crippen molar-refractivity contribution in [2.75, 3.05) is 13.3 Å². The summed E-state index contributed by atoms with van der Waals surface area (Å²) in [5, 5.41) is 4.01. The average Bonchev–Trinajstić information content (AvgIpc) is 2.98. The van der Waals surface area contributed by atoms with Gasteiger partial charge < -0.3 is 19.8 Å². The van der Waals surface area contributed by atoms with E-state index in [4.69, 9.17) is 9.47 Å². The number of rotatable bonds is 4. The van der Waals surface area contributed by atoms with Gasteiger partial charge in [0.05, 0.1) is 12.1 Å². The van der Waals surface area contributed by atoms with Crippen LogP contribution in [0.3, 0.4) is 0 Å². The van der Waals surface area contributed by atoms with Gasteiger partial charge in [0.15, 0.2) is 17.3 Å². The Morgan fingerprint density at radius 2 is 2.11 bits per heavy atom. The molecule has 0 spiro atoms. The number of ketones is 1. The number of hydrogen-bond acceptors (Lipinski definition) is 4. The lowest BCUT2D eigenvalue weighted by molar-refractivity contribution is 0.0990. The molecule has 1 aliphatic heterocycles. The molecule has 0 fully saturated rings. The molecule has 5 heteroatoms. The highest BCUT2D eigenvalue weighted by molar-refractivity contribution is 6.09. The Morgan fingerprint density at radius 1 is 1.37 bits per heavy atom. The Kier molecular flexibility index (Phi) is 2.91. The van der Waals surface area contributed by atoms with Crippen molar-refractivity contribution < 1.29 is 14.3 Å². The molecule has 1 aromatic heterocycles. The van der Waals surface area contributed by atoms with Crippen molar-refractivity contribution in [2.45, 2.75) is 19.9 Å². The van der Waals surface area contributed by atoms with E-state index in [1.807, 2.05) is 26.0 Å². The van der Waals surface area contributed by atoms with Crippen molar-refractivity contribution in [1.82, 2.24) is 10.3 Å². The van der Waals surface area contributed by atoms with Gasteiger partial charge in [-0.3, -0.25) is 4.79 Å². The largest absolute Gasteiger partial charge is 0.454 e. The smallest absolute Gasteiger partial charge is 0.231 e. The fourth-order valence-electron chi connectivity index (χ4n) is 2.13. The second kappa shape index (κ2) is 4.59. The molecule has 100 valence electrons. The Morgan fingerprint density at radius 3 is 2.84 bits per heavy atom. The minimum Gasteiger partial charge on any atom is -0.454 e. The maximum absolute atomic E-state index is 12.2. The van der Waals surface area contributed by atoms with E-state index in [-0.39, 0.29) is 18.6 Å². The molecule has 2 heterocycles. The summed E-state index contributed by atoms with van der Waals surface area (Å²) in [6.07, 6.45) is 1.74. The number of ether oxygens (including phenoxy) is 2. The van der Waals surface area contributed by atoms with Gasteiger partial charge in [-0.2, -0.15) is 0 Å². The van der Waals surface area contributed by atoms with E-state index in [0.717, 1.165) is 10.9 Å². The van der Waals surface area contributed by atoms with Crippen molar-refractivity contribution in [3.8, 4) is 11.5 Å². The van der Waals surface area contributed by atoms with E-state index < -0.39 is 0 Å². The van der Waals surface area contributed by atoms with Gasteiger partial charge in [-0.05, 0) is 6.07 Å². The van der Waals surface area contributed by atoms with E-state index in [0.29, 0.717) is 23.6 Å². The highest BCUT2D eigenvalue weighted by atomic mass is 16.7. The minimum atomic E-state index is 0.0683. The molecule has 0 saturated heterocycles. The summed E-state index contributed by atoms with van der Waals surface area (Å²) < 4.78 is 10.7. The first kappa shape index (κ1) is 12.0. The first-order chi connectivity index (χ1) is 9.15. The summed E-state index contributed by atoms with van der Waals surface area (Å²) in [6.45, 7) is 4.60. The van der Waals surface area contributed by atoms with Crippen LogP contribution in [0.1, 0.15) is 24.2 Å². The Hall–Kier alpha value is -2.01. The highest BCUT2D eigenvalue weighted by Gasteiger charge is 2.19. The van der Waals surface area contributed by atoms with Gasteiger partial charge in [-0.25, -0.2) is 0 Å². The summed E-state index contributed by atoms with van der Waals surface area (Å²) in [4.78, 5) is 15.3. The number of nitrogens with one attached hydrogen (secondary N) is 2. The van der Waals surface area contributed by atoms with Crippen LogP contribution in [0.2, 0.25) is 0 Å². The molecular weight excluding hydrogens is 244 g/mol. The topological polar surface area (TPSA) is 63.4 Å². The minimum absolute atomic E-state index is 0.0683. The number of H-pyrrole nitrogens is 1. The third-order valence-corrected chi connectivity index (χ3v) is 3.15. The molecule has 1 aliphatic rings. The fraction of sp³-hybridized carbons (Fsp3) is 0.357. The predicted molar refractivity (Wildman–Crippen MR) is 71.9 cm³/mol. The SMILES string of the molecule is CC(C)NCC(=O)c1c[nH]c2cc3c(cc12)OCO3. The number of fused-ring (bicyclic) bond motifs is 2. The zero-order valence-electron chi connectivity index (χ0n) is 10.9. The average molecular weight is 260 g/mol. The molecule has 2 N–H and O–H groups in total. The molecule has 0 amide bonds. The quantitative estimate of drug-likeness (QED) is 0.826. The number of carbonyl (C=O) groups excluding carboxylic acids is 1. The normalized spacial score (nSPS) is 13.4. The summed E-state index contributed by atoms with van der Waals surface area (Å²) >= 11 is 0. The summed E-state index contributed by atoms with van der Waals surface area (Å²) in [7, 11) is 0. The first-order valence-electron chi connectivity index (χ1n) is 6.32. The first-order valence-corrected chi connectivity index (χ1v) is 6.32. The Labute approximate surface area is 110 Å². The Bertz CT molecular complexity index is 631. The van der Waals surface area contributed by atoms with E-state index in [1.165, 1.54) is 0 Å². The molecule has 3 rings (SSSR count). The number of hydrogen-bond donors (Lipinski definition) is 2. The van der Waals surface area contributed by atoms with Gasteiger partial charge in [-0.15, -0.1) is 0 Å². The summed E-state index contributed by atoms with van der Waals surface area (Å²) in [6, 6.07) is 4.01. The van der Waals surface area contributed by atoms with Crippen molar-refractivity contribution >= 4 is 16.7 Å². The lowest BCUT2D eigenvalue weighted by Crippen LogP contribution is -2.29. The van der Waals surface area contributed by atoms with Crippen LogP contribution in [0.25, 0.3) is 10.9 Å².